The molecule has 0 aliphatic heterocycles. The van der Waals surface area contributed by atoms with Gasteiger partial charge in [0.25, 0.3) is 0 Å². The third kappa shape index (κ3) is 3.20. The zero-order valence-corrected chi connectivity index (χ0v) is 15.4. The molecule has 0 aliphatic rings. The molecule has 0 N–H and O–H groups in total. The summed E-state index contributed by atoms with van der Waals surface area (Å²) in [5.74, 6) is 1.59. The van der Waals surface area contributed by atoms with E-state index in [4.69, 9.17) is 27.9 Å². The summed E-state index contributed by atoms with van der Waals surface area (Å²) in [5.41, 5.74) is 1.94. The fourth-order valence-corrected chi connectivity index (χ4v) is 3.92. The number of rotatable bonds is 4. The molecule has 0 fully saturated rings. The summed E-state index contributed by atoms with van der Waals surface area (Å²) in [6.45, 7) is 0. The lowest BCUT2D eigenvalue weighted by atomic mass is 10.1. The SMILES string of the molecule is COc1ccc(Cc2nnc3sc(-c4ccc(Cl)cc4Cl)nn23)cc1. The van der Waals surface area contributed by atoms with E-state index in [2.05, 4.69) is 15.3 Å². The van der Waals surface area contributed by atoms with Crippen LogP contribution >= 0.6 is 34.5 Å². The Morgan fingerprint density at radius 2 is 1.88 bits per heavy atom. The fraction of sp³-hybridized carbons (Fsp3) is 0.118. The van der Waals surface area contributed by atoms with Gasteiger partial charge in [-0.3, -0.25) is 0 Å². The van der Waals surface area contributed by atoms with Crippen molar-refractivity contribution in [2.24, 2.45) is 0 Å². The van der Waals surface area contributed by atoms with Crippen molar-refractivity contribution >= 4 is 39.5 Å². The minimum Gasteiger partial charge on any atom is -0.497 e. The highest BCUT2D eigenvalue weighted by Crippen LogP contribution is 2.33. The predicted octanol–water partition coefficient (Wildman–Crippen LogP) is 4.76. The van der Waals surface area contributed by atoms with Crippen LogP contribution in [0.4, 0.5) is 0 Å². The summed E-state index contributed by atoms with van der Waals surface area (Å²) in [6.07, 6.45) is 0.628. The second-order valence-electron chi connectivity index (χ2n) is 5.37. The van der Waals surface area contributed by atoms with Crippen LogP contribution in [-0.2, 0) is 6.42 Å². The van der Waals surface area contributed by atoms with Gasteiger partial charge >= 0.3 is 0 Å². The summed E-state index contributed by atoms with van der Waals surface area (Å²) < 4.78 is 6.94. The molecule has 4 rings (SSSR count). The summed E-state index contributed by atoms with van der Waals surface area (Å²) in [7, 11) is 1.65. The monoisotopic (exact) mass is 390 g/mol. The maximum atomic E-state index is 6.28. The average Bonchev–Trinajstić information content (AvgIpc) is 3.17. The Balaban J connectivity index is 1.68. The highest BCUT2D eigenvalue weighted by atomic mass is 35.5. The van der Waals surface area contributed by atoms with Crippen molar-refractivity contribution in [3.05, 3.63) is 63.9 Å². The van der Waals surface area contributed by atoms with Gasteiger partial charge in [-0.25, -0.2) is 0 Å². The number of nitrogens with zero attached hydrogens (tertiary/aromatic N) is 4. The van der Waals surface area contributed by atoms with Crippen molar-refractivity contribution in [2.75, 3.05) is 7.11 Å². The Kier molecular flexibility index (Phi) is 4.33. The van der Waals surface area contributed by atoms with Crippen LogP contribution in [0.3, 0.4) is 0 Å². The lowest BCUT2D eigenvalue weighted by Crippen LogP contribution is -1.98. The molecule has 0 bridgehead atoms. The van der Waals surface area contributed by atoms with Crippen molar-refractivity contribution in [3.63, 3.8) is 0 Å². The van der Waals surface area contributed by atoms with Gasteiger partial charge in [0, 0.05) is 17.0 Å². The number of benzene rings is 2. The molecule has 0 radical (unpaired) electrons. The molecular weight excluding hydrogens is 379 g/mol. The number of methoxy groups -OCH3 is 1. The highest BCUT2D eigenvalue weighted by Gasteiger charge is 2.15. The Bertz CT molecular complexity index is 1040. The molecule has 0 aliphatic carbocycles. The van der Waals surface area contributed by atoms with E-state index in [1.165, 1.54) is 11.3 Å². The molecule has 0 unspecified atom stereocenters. The smallest absolute Gasteiger partial charge is 0.234 e. The van der Waals surface area contributed by atoms with Crippen LogP contribution < -0.4 is 4.74 Å². The fourth-order valence-electron chi connectivity index (χ4n) is 2.47. The van der Waals surface area contributed by atoms with E-state index in [1.54, 1.807) is 23.8 Å². The van der Waals surface area contributed by atoms with Gasteiger partial charge < -0.3 is 4.74 Å². The second-order valence-corrected chi connectivity index (χ2v) is 7.17. The average molecular weight is 391 g/mol. The first-order chi connectivity index (χ1) is 12.1. The van der Waals surface area contributed by atoms with Gasteiger partial charge in [0.15, 0.2) is 5.82 Å². The van der Waals surface area contributed by atoms with E-state index >= 15 is 0 Å². The largest absolute Gasteiger partial charge is 0.497 e. The molecule has 5 nitrogen and oxygen atoms in total. The molecule has 0 amide bonds. The first kappa shape index (κ1) is 16.3. The van der Waals surface area contributed by atoms with Gasteiger partial charge in [0.2, 0.25) is 4.96 Å². The van der Waals surface area contributed by atoms with E-state index in [-0.39, 0.29) is 0 Å². The van der Waals surface area contributed by atoms with Gasteiger partial charge in [-0.2, -0.15) is 9.61 Å². The molecule has 0 saturated carbocycles. The second kappa shape index (κ2) is 6.63. The minimum absolute atomic E-state index is 0.564. The van der Waals surface area contributed by atoms with Crippen LogP contribution in [0.2, 0.25) is 10.0 Å². The number of fused-ring (bicyclic) bond motifs is 1. The Morgan fingerprint density at radius 3 is 2.60 bits per heavy atom. The van der Waals surface area contributed by atoms with Crippen molar-refractivity contribution in [2.45, 2.75) is 6.42 Å². The highest BCUT2D eigenvalue weighted by molar-refractivity contribution is 7.19. The lowest BCUT2D eigenvalue weighted by Gasteiger charge is -2.02. The third-order valence-electron chi connectivity index (χ3n) is 3.74. The van der Waals surface area contributed by atoms with Gasteiger partial charge in [0.05, 0.1) is 12.1 Å². The van der Waals surface area contributed by atoms with Crippen molar-refractivity contribution in [1.29, 1.82) is 0 Å². The number of ether oxygens (including phenoxy) is 1. The first-order valence-corrected chi connectivity index (χ1v) is 9.01. The van der Waals surface area contributed by atoms with Crippen LogP contribution in [0, 0.1) is 0 Å². The Morgan fingerprint density at radius 1 is 1.08 bits per heavy atom. The molecular formula is C17H12Cl2N4OS. The van der Waals surface area contributed by atoms with Crippen LogP contribution in [0.1, 0.15) is 11.4 Å². The van der Waals surface area contributed by atoms with Crippen LogP contribution in [0.25, 0.3) is 15.5 Å². The van der Waals surface area contributed by atoms with Crippen LogP contribution in [-0.4, -0.2) is 26.9 Å². The van der Waals surface area contributed by atoms with Gasteiger partial charge in [-0.15, -0.1) is 10.2 Å². The number of aromatic nitrogens is 4. The predicted molar refractivity (Wildman–Crippen MR) is 99.9 cm³/mol. The van der Waals surface area contributed by atoms with E-state index < -0.39 is 0 Å². The van der Waals surface area contributed by atoms with Crippen molar-refractivity contribution < 1.29 is 4.74 Å². The Labute approximate surface area is 157 Å². The minimum atomic E-state index is 0.564. The van der Waals surface area contributed by atoms with Gasteiger partial charge in [-0.05, 0) is 35.9 Å². The summed E-state index contributed by atoms with van der Waals surface area (Å²) in [4.78, 5) is 0.726. The Hall–Kier alpha value is -2.15. The van der Waals surface area contributed by atoms with Gasteiger partial charge in [-0.1, -0.05) is 46.7 Å². The van der Waals surface area contributed by atoms with Crippen LogP contribution in [0.5, 0.6) is 5.75 Å². The maximum Gasteiger partial charge on any atom is 0.234 e. The molecule has 126 valence electrons. The van der Waals surface area contributed by atoms with Crippen molar-refractivity contribution in [1.82, 2.24) is 19.8 Å². The van der Waals surface area contributed by atoms with Crippen LogP contribution in [0.15, 0.2) is 42.5 Å². The summed E-state index contributed by atoms with van der Waals surface area (Å²) in [6, 6.07) is 13.2. The standard InChI is InChI=1S/C17H12Cl2N4OS/c1-24-12-5-2-10(3-6-12)8-15-20-21-17-23(15)22-16(25-17)13-7-4-11(18)9-14(13)19/h2-7,9H,8H2,1H3. The lowest BCUT2D eigenvalue weighted by molar-refractivity contribution is 0.414. The molecule has 2 aromatic carbocycles. The summed E-state index contributed by atoms with van der Waals surface area (Å²) in [5, 5.41) is 15.0. The maximum absolute atomic E-state index is 6.28. The molecule has 2 aromatic heterocycles. The zero-order chi connectivity index (χ0) is 17.4. The molecule has 8 heteroatoms. The quantitative estimate of drug-likeness (QED) is 0.503. The van der Waals surface area contributed by atoms with E-state index in [1.807, 2.05) is 30.3 Å². The molecule has 0 atom stereocenters. The normalized spacial score (nSPS) is 11.2. The number of hydrogen-bond acceptors (Lipinski definition) is 5. The number of hydrogen-bond donors (Lipinski definition) is 0. The van der Waals surface area contributed by atoms with Gasteiger partial charge in [0.1, 0.15) is 10.8 Å². The molecule has 4 aromatic rings. The summed E-state index contributed by atoms with van der Waals surface area (Å²) >= 11 is 13.7. The van der Waals surface area contributed by atoms with E-state index in [0.717, 1.165) is 32.7 Å². The van der Waals surface area contributed by atoms with E-state index in [0.29, 0.717) is 16.5 Å². The molecule has 0 saturated heterocycles. The zero-order valence-electron chi connectivity index (χ0n) is 13.1. The third-order valence-corrected chi connectivity index (χ3v) is 5.22. The first-order valence-electron chi connectivity index (χ1n) is 7.43. The molecule has 25 heavy (non-hydrogen) atoms. The van der Waals surface area contributed by atoms with Crippen molar-refractivity contribution in [3.8, 4) is 16.3 Å². The topological polar surface area (TPSA) is 52.3 Å². The molecule has 2 heterocycles. The number of halogens is 2. The van der Waals surface area contributed by atoms with E-state index in [9.17, 15) is 0 Å². The molecule has 0 spiro atoms.